The molecule has 0 aliphatic carbocycles. The first-order valence-corrected chi connectivity index (χ1v) is 5.98. The first-order chi connectivity index (χ1) is 8.56. The first-order valence-electron chi connectivity index (χ1n) is 5.98. The number of hydrogen-bond donors (Lipinski definition) is 1. The third-order valence-corrected chi connectivity index (χ3v) is 2.87. The second kappa shape index (κ2) is 5.04. The van der Waals surface area contributed by atoms with Gasteiger partial charge in [0.1, 0.15) is 0 Å². The molecule has 0 bridgehead atoms. The molecule has 0 radical (unpaired) electrons. The number of benzene rings is 1. The van der Waals surface area contributed by atoms with Crippen molar-refractivity contribution in [2.75, 3.05) is 5.73 Å². The van der Waals surface area contributed by atoms with E-state index in [1.165, 1.54) is 22.5 Å². The van der Waals surface area contributed by atoms with Crippen LogP contribution in [0.25, 0.3) is 0 Å². The van der Waals surface area contributed by atoms with Crippen molar-refractivity contribution in [2.24, 2.45) is 0 Å². The van der Waals surface area contributed by atoms with Gasteiger partial charge < -0.3 is 5.73 Å². The summed E-state index contributed by atoms with van der Waals surface area (Å²) < 4.78 is 1.40. The van der Waals surface area contributed by atoms with Crippen molar-refractivity contribution in [1.82, 2.24) is 9.78 Å². The molecule has 1 aromatic heterocycles. The van der Waals surface area contributed by atoms with Gasteiger partial charge >= 0.3 is 0 Å². The van der Waals surface area contributed by atoms with Crippen LogP contribution >= 0.6 is 0 Å². The Hall–Kier alpha value is -2.10. The van der Waals surface area contributed by atoms with E-state index >= 15 is 0 Å². The van der Waals surface area contributed by atoms with Crippen LogP contribution in [0.4, 0.5) is 5.69 Å². The van der Waals surface area contributed by atoms with Gasteiger partial charge in [0.25, 0.3) is 5.56 Å². The van der Waals surface area contributed by atoms with Gasteiger partial charge in [0.2, 0.25) is 0 Å². The SMILES string of the molecule is CC(C)c1ccc(Cn2ncc(N)cc2=O)cc1. The van der Waals surface area contributed by atoms with Crippen molar-refractivity contribution in [2.45, 2.75) is 26.3 Å². The first kappa shape index (κ1) is 12.4. The Bertz CT molecular complexity index is 585. The number of anilines is 1. The lowest BCUT2D eigenvalue weighted by atomic mass is 10.0. The molecule has 0 atom stereocenters. The molecule has 0 amide bonds. The van der Waals surface area contributed by atoms with E-state index in [1.54, 1.807) is 0 Å². The highest BCUT2D eigenvalue weighted by molar-refractivity contribution is 5.31. The van der Waals surface area contributed by atoms with E-state index in [2.05, 4.69) is 31.1 Å². The molecule has 0 aliphatic rings. The zero-order chi connectivity index (χ0) is 13.1. The highest BCUT2D eigenvalue weighted by Gasteiger charge is 2.02. The lowest BCUT2D eigenvalue weighted by molar-refractivity contribution is 0.640. The van der Waals surface area contributed by atoms with Gasteiger partial charge in [0, 0.05) is 6.07 Å². The van der Waals surface area contributed by atoms with Gasteiger partial charge in [0.05, 0.1) is 18.4 Å². The largest absolute Gasteiger partial charge is 0.397 e. The molecule has 2 N–H and O–H groups in total. The maximum atomic E-state index is 11.6. The Kier molecular flexibility index (Phi) is 3.46. The molecule has 94 valence electrons. The average molecular weight is 243 g/mol. The van der Waals surface area contributed by atoms with E-state index in [-0.39, 0.29) is 5.56 Å². The monoisotopic (exact) mass is 243 g/mol. The minimum Gasteiger partial charge on any atom is -0.397 e. The number of nitrogens with two attached hydrogens (primary N) is 1. The molecule has 1 heterocycles. The summed E-state index contributed by atoms with van der Waals surface area (Å²) in [5.74, 6) is 0.511. The summed E-state index contributed by atoms with van der Waals surface area (Å²) in [7, 11) is 0. The normalized spacial score (nSPS) is 10.8. The summed E-state index contributed by atoms with van der Waals surface area (Å²) in [6.45, 7) is 4.78. The highest BCUT2D eigenvalue weighted by atomic mass is 16.1. The van der Waals surface area contributed by atoms with Crippen LogP contribution in [0.3, 0.4) is 0 Å². The summed E-state index contributed by atoms with van der Waals surface area (Å²) in [4.78, 5) is 11.6. The van der Waals surface area contributed by atoms with Crippen molar-refractivity contribution < 1.29 is 0 Å². The Morgan fingerprint density at radius 1 is 1.28 bits per heavy atom. The van der Waals surface area contributed by atoms with Crippen LogP contribution in [-0.4, -0.2) is 9.78 Å². The van der Waals surface area contributed by atoms with Crippen LogP contribution in [0.2, 0.25) is 0 Å². The Morgan fingerprint density at radius 2 is 1.94 bits per heavy atom. The van der Waals surface area contributed by atoms with E-state index in [9.17, 15) is 4.79 Å². The van der Waals surface area contributed by atoms with Crippen molar-refractivity contribution in [3.63, 3.8) is 0 Å². The number of nitrogens with zero attached hydrogens (tertiary/aromatic N) is 2. The zero-order valence-electron chi connectivity index (χ0n) is 10.6. The van der Waals surface area contributed by atoms with Crippen LogP contribution in [0.15, 0.2) is 41.3 Å². The molecule has 0 unspecified atom stereocenters. The Morgan fingerprint density at radius 3 is 2.50 bits per heavy atom. The third kappa shape index (κ3) is 2.77. The number of nitrogen functional groups attached to an aromatic ring is 1. The Balaban J connectivity index is 2.21. The quantitative estimate of drug-likeness (QED) is 0.896. The van der Waals surface area contributed by atoms with Gasteiger partial charge in [-0.2, -0.15) is 5.10 Å². The third-order valence-electron chi connectivity index (χ3n) is 2.87. The van der Waals surface area contributed by atoms with Crippen LogP contribution < -0.4 is 11.3 Å². The highest BCUT2D eigenvalue weighted by Crippen LogP contribution is 2.14. The number of aromatic nitrogens is 2. The molecular weight excluding hydrogens is 226 g/mol. The number of rotatable bonds is 3. The summed E-state index contributed by atoms with van der Waals surface area (Å²) >= 11 is 0. The van der Waals surface area contributed by atoms with Crippen LogP contribution in [0.1, 0.15) is 30.9 Å². The van der Waals surface area contributed by atoms with Gasteiger partial charge in [-0.05, 0) is 17.0 Å². The van der Waals surface area contributed by atoms with Crippen LogP contribution in [-0.2, 0) is 6.54 Å². The molecular formula is C14H17N3O. The standard InChI is InChI=1S/C14H17N3O/c1-10(2)12-5-3-11(4-6-12)9-17-14(18)7-13(15)8-16-17/h3-8,10H,9,15H2,1-2H3. The van der Waals surface area contributed by atoms with Gasteiger partial charge in [-0.25, -0.2) is 4.68 Å². The molecule has 0 saturated carbocycles. The summed E-state index contributed by atoms with van der Waals surface area (Å²) in [5.41, 5.74) is 8.06. The maximum absolute atomic E-state index is 11.6. The lowest BCUT2D eigenvalue weighted by Gasteiger charge is -2.08. The minimum atomic E-state index is -0.178. The van der Waals surface area contributed by atoms with Crippen molar-refractivity contribution >= 4 is 5.69 Å². The summed E-state index contributed by atoms with van der Waals surface area (Å²) in [5, 5.41) is 4.01. The second-order valence-electron chi connectivity index (χ2n) is 4.68. The lowest BCUT2D eigenvalue weighted by Crippen LogP contribution is -2.22. The van der Waals surface area contributed by atoms with Gasteiger partial charge in [-0.1, -0.05) is 38.1 Å². The van der Waals surface area contributed by atoms with E-state index < -0.39 is 0 Å². The molecule has 4 heteroatoms. The molecule has 2 rings (SSSR count). The molecule has 18 heavy (non-hydrogen) atoms. The molecule has 0 fully saturated rings. The fourth-order valence-corrected chi connectivity index (χ4v) is 1.75. The van der Waals surface area contributed by atoms with Gasteiger partial charge in [0.15, 0.2) is 0 Å². The smallest absolute Gasteiger partial charge is 0.269 e. The zero-order valence-corrected chi connectivity index (χ0v) is 10.6. The fraction of sp³-hybridized carbons (Fsp3) is 0.286. The minimum absolute atomic E-state index is 0.178. The average Bonchev–Trinajstić information content (AvgIpc) is 2.33. The molecule has 0 saturated heterocycles. The van der Waals surface area contributed by atoms with Gasteiger partial charge in [-0.15, -0.1) is 0 Å². The molecule has 1 aromatic carbocycles. The van der Waals surface area contributed by atoms with E-state index in [4.69, 9.17) is 5.73 Å². The topological polar surface area (TPSA) is 60.9 Å². The van der Waals surface area contributed by atoms with Crippen LogP contribution in [0, 0.1) is 0 Å². The molecule has 0 aliphatic heterocycles. The second-order valence-corrected chi connectivity index (χ2v) is 4.68. The molecule has 0 spiro atoms. The van der Waals surface area contributed by atoms with E-state index in [1.807, 2.05) is 12.1 Å². The van der Waals surface area contributed by atoms with Crippen molar-refractivity contribution in [1.29, 1.82) is 0 Å². The van der Waals surface area contributed by atoms with Crippen LogP contribution in [0.5, 0.6) is 0 Å². The van der Waals surface area contributed by atoms with Crippen molar-refractivity contribution in [3.8, 4) is 0 Å². The van der Waals surface area contributed by atoms with E-state index in [0.29, 0.717) is 18.2 Å². The summed E-state index contributed by atoms with van der Waals surface area (Å²) in [6.07, 6.45) is 1.49. The fourth-order valence-electron chi connectivity index (χ4n) is 1.75. The Labute approximate surface area is 106 Å². The molecule has 4 nitrogen and oxygen atoms in total. The van der Waals surface area contributed by atoms with Gasteiger partial charge in [-0.3, -0.25) is 4.79 Å². The van der Waals surface area contributed by atoms with E-state index in [0.717, 1.165) is 5.56 Å². The number of hydrogen-bond acceptors (Lipinski definition) is 3. The summed E-state index contributed by atoms with van der Waals surface area (Å²) in [6, 6.07) is 9.61. The maximum Gasteiger partial charge on any atom is 0.269 e. The molecule has 2 aromatic rings. The van der Waals surface area contributed by atoms with Crippen molar-refractivity contribution in [3.05, 3.63) is 58.0 Å². The predicted octanol–water partition coefficient (Wildman–Crippen LogP) is 2.00. The predicted molar refractivity (Wildman–Crippen MR) is 72.5 cm³/mol.